The van der Waals surface area contributed by atoms with Crippen molar-refractivity contribution in [3.63, 3.8) is 0 Å². The van der Waals surface area contributed by atoms with Gasteiger partial charge >= 0.3 is 0 Å². The molecule has 1 aromatic rings. The summed E-state index contributed by atoms with van der Waals surface area (Å²) in [7, 11) is 2.04. The summed E-state index contributed by atoms with van der Waals surface area (Å²) in [6.07, 6.45) is 0. The lowest BCUT2D eigenvalue weighted by atomic mass is 10.3. The smallest absolute Gasteiger partial charge is 0.272 e. The number of carbonyl (C=O) groups is 1. The average Bonchev–Trinajstić information content (AvgIpc) is 2.40. The summed E-state index contributed by atoms with van der Waals surface area (Å²) in [5.41, 5.74) is 2.77. The molecule has 0 aliphatic carbocycles. The Kier molecular flexibility index (Phi) is 5.17. The summed E-state index contributed by atoms with van der Waals surface area (Å²) in [5, 5.41) is 2.01. The number of benzene rings is 1. The molecule has 1 N–H and O–H groups in total. The summed E-state index contributed by atoms with van der Waals surface area (Å²) < 4.78 is 18.1. The Labute approximate surface area is 122 Å². The van der Waals surface area contributed by atoms with Crippen molar-refractivity contribution in [2.75, 3.05) is 39.8 Å². The molecule has 110 valence electrons. The zero-order chi connectivity index (χ0) is 14.5. The zero-order valence-electron chi connectivity index (χ0n) is 11.2. The fraction of sp³-hybridized carbons (Fsp3) is 0.462. The van der Waals surface area contributed by atoms with Crippen molar-refractivity contribution < 1.29 is 13.9 Å². The molecular weight excluding hydrogens is 285 g/mol. The van der Waals surface area contributed by atoms with Crippen LogP contribution in [0.3, 0.4) is 0 Å². The second kappa shape index (κ2) is 6.88. The van der Waals surface area contributed by atoms with Gasteiger partial charge in [0, 0.05) is 26.2 Å². The van der Waals surface area contributed by atoms with Gasteiger partial charge in [0.1, 0.15) is 11.6 Å². The number of hydrogen-bond donors (Lipinski definition) is 1. The van der Waals surface area contributed by atoms with Crippen molar-refractivity contribution in [2.24, 2.45) is 0 Å². The molecule has 0 aromatic heterocycles. The van der Waals surface area contributed by atoms with E-state index in [0.717, 1.165) is 32.2 Å². The van der Waals surface area contributed by atoms with Crippen molar-refractivity contribution in [3.05, 3.63) is 29.0 Å². The van der Waals surface area contributed by atoms with Crippen LogP contribution >= 0.6 is 11.6 Å². The van der Waals surface area contributed by atoms with Crippen molar-refractivity contribution >= 4 is 17.5 Å². The Balaban J connectivity index is 1.77. The summed E-state index contributed by atoms with van der Waals surface area (Å²) >= 11 is 5.81. The molecule has 0 spiro atoms. The molecule has 1 fully saturated rings. The number of carbonyl (C=O) groups excluding carboxylic acids is 1. The predicted molar refractivity (Wildman–Crippen MR) is 74.1 cm³/mol. The predicted octanol–water partition coefficient (Wildman–Crippen LogP) is 1.14. The van der Waals surface area contributed by atoms with Crippen molar-refractivity contribution in [2.45, 2.75) is 0 Å². The van der Waals surface area contributed by atoms with Crippen LogP contribution in [0.5, 0.6) is 5.75 Å². The van der Waals surface area contributed by atoms with Crippen molar-refractivity contribution in [1.82, 2.24) is 15.3 Å². The topological polar surface area (TPSA) is 44.8 Å². The Morgan fingerprint density at radius 2 is 2.10 bits per heavy atom. The number of hydrazine groups is 1. The third-order valence-electron chi connectivity index (χ3n) is 3.04. The van der Waals surface area contributed by atoms with Crippen LogP contribution in [0, 0.1) is 5.82 Å². The van der Waals surface area contributed by atoms with Crippen LogP contribution in [0.1, 0.15) is 0 Å². The number of likely N-dealkylation sites (N-methyl/N-ethyl adjacent to an activating group) is 1. The third kappa shape index (κ3) is 4.33. The van der Waals surface area contributed by atoms with E-state index < -0.39 is 5.82 Å². The number of amides is 1. The standard InChI is InChI=1S/C13H17ClFN3O2/c1-17-4-6-18(7-5-17)16-13(19)9-20-12-3-2-10(15)8-11(12)14/h2-3,8H,4-7,9H2,1H3,(H,16,19). The van der Waals surface area contributed by atoms with Crippen LogP contribution in [0.25, 0.3) is 0 Å². The molecule has 1 amide bonds. The number of rotatable bonds is 4. The minimum Gasteiger partial charge on any atom is -0.482 e. The van der Waals surface area contributed by atoms with Gasteiger partial charge < -0.3 is 9.64 Å². The highest BCUT2D eigenvalue weighted by Crippen LogP contribution is 2.24. The van der Waals surface area contributed by atoms with Crippen LogP contribution in [-0.2, 0) is 4.79 Å². The first-order chi connectivity index (χ1) is 9.54. The molecule has 1 aliphatic rings. The number of ether oxygens (including phenoxy) is 1. The van der Waals surface area contributed by atoms with E-state index in [0.29, 0.717) is 5.75 Å². The first kappa shape index (κ1) is 15.0. The Morgan fingerprint density at radius 1 is 1.40 bits per heavy atom. The highest BCUT2D eigenvalue weighted by atomic mass is 35.5. The molecule has 1 aliphatic heterocycles. The van der Waals surface area contributed by atoms with Gasteiger partial charge in [-0.25, -0.2) is 9.40 Å². The summed E-state index contributed by atoms with van der Waals surface area (Å²) in [6, 6.07) is 3.79. The van der Waals surface area contributed by atoms with Gasteiger partial charge in [0.2, 0.25) is 0 Å². The van der Waals surface area contributed by atoms with Crippen LogP contribution in [0.4, 0.5) is 4.39 Å². The highest BCUT2D eigenvalue weighted by molar-refractivity contribution is 6.32. The van der Waals surface area contributed by atoms with Gasteiger partial charge in [0.25, 0.3) is 5.91 Å². The molecule has 1 aromatic carbocycles. The number of piperazine rings is 1. The average molecular weight is 302 g/mol. The minimum absolute atomic E-state index is 0.150. The van der Waals surface area contributed by atoms with Crippen molar-refractivity contribution in [1.29, 1.82) is 0 Å². The summed E-state index contributed by atoms with van der Waals surface area (Å²) in [4.78, 5) is 13.9. The van der Waals surface area contributed by atoms with Crippen LogP contribution in [0.15, 0.2) is 18.2 Å². The number of nitrogens with one attached hydrogen (secondary N) is 1. The summed E-state index contributed by atoms with van der Waals surface area (Å²) in [6.45, 7) is 3.21. The van der Waals surface area contributed by atoms with Gasteiger partial charge in [-0.15, -0.1) is 0 Å². The Hall–Kier alpha value is -1.37. The Bertz CT molecular complexity index is 479. The van der Waals surface area contributed by atoms with E-state index in [1.807, 2.05) is 12.1 Å². The van der Waals surface area contributed by atoms with E-state index in [4.69, 9.17) is 16.3 Å². The lowest BCUT2D eigenvalue weighted by Gasteiger charge is -2.32. The molecule has 0 bridgehead atoms. The minimum atomic E-state index is -0.441. The first-order valence-electron chi connectivity index (χ1n) is 6.35. The Morgan fingerprint density at radius 3 is 2.75 bits per heavy atom. The van der Waals surface area contributed by atoms with Crippen molar-refractivity contribution in [3.8, 4) is 5.75 Å². The molecule has 0 atom stereocenters. The summed E-state index contributed by atoms with van der Waals surface area (Å²) in [5.74, 6) is -0.402. The van der Waals surface area contributed by atoms with E-state index in [-0.39, 0.29) is 17.5 Å². The second-order valence-corrected chi connectivity index (χ2v) is 5.10. The van der Waals surface area contributed by atoms with Crippen LogP contribution in [-0.4, -0.2) is 55.6 Å². The second-order valence-electron chi connectivity index (χ2n) is 4.69. The molecular formula is C13H17ClFN3O2. The van der Waals surface area contributed by atoms with E-state index in [2.05, 4.69) is 10.3 Å². The molecule has 0 unspecified atom stereocenters. The molecule has 2 rings (SSSR count). The van der Waals surface area contributed by atoms with Gasteiger partial charge in [-0.05, 0) is 25.2 Å². The molecule has 5 nitrogen and oxygen atoms in total. The fourth-order valence-corrected chi connectivity index (χ4v) is 2.08. The van der Waals surface area contributed by atoms with Crippen LogP contribution < -0.4 is 10.2 Å². The van der Waals surface area contributed by atoms with Crippen LogP contribution in [0.2, 0.25) is 5.02 Å². The zero-order valence-corrected chi connectivity index (χ0v) is 12.0. The molecule has 1 heterocycles. The van der Waals surface area contributed by atoms with E-state index in [1.165, 1.54) is 12.1 Å². The molecule has 0 radical (unpaired) electrons. The number of hydrogen-bond acceptors (Lipinski definition) is 4. The van der Waals surface area contributed by atoms with E-state index >= 15 is 0 Å². The number of halogens is 2. The normalized spacial score (nSPS) is 16.9. The van der Waals surface area contributed by atoms with Gasteiger partial charge in [0.05, 0.1) is 5.02 Å². The van der Waals surface area contributed by atoms with E-state index in [9.17, 15) is 9.18 Å². The van der Waals surface area contributed by atoms with Gasteiger partial charge in [-0.3, -0.25) is 10.2 Å². The fourth-order valence-electron chi connectivity index (χ4n) is 1.86. The molecule has 7 heteroatoms. The monoisotopic (exact) mass is 301 g/mol. The number of nitrogens with zero attached hydrogens (tertiary/aromatic N) is 2. The quantitative estimate of drug-likeness (QED) is 0.906. The van der Waals surface area contributed by atoms with E-state index in [1.54, 1.807) is 0 Å². The van der Waals surface area contributed by atoms with Gasteiger partial charge in [-0.1, -0.05) is 11.6 Å². The largest absolute Gasteiger partial charge is 0.482 e. The lowest BCUT2D eigenvalue weighted by Crippen LogP contribution is -2.53. The maximum absolute atomic E-state index is 12.9. The maximum atomic E-state index is 12.9. The molecule has 20 heavy (non-hydrogen) atoms. The van der Waals surface area contributed by atoms with Gasteiger partial charge in [-0.2, -0.15) is 0 Å². The SMILES string of the molecule is CN1CCN(NC(=O)COc2ccc(F)cc2Cl)CC1. The maximum Gasteiger partial charge on any atom is 0.272 e. The lowest BCUT2D eigenvalue weighted by molar-refractivity contribution is -0.128. The van der Waals surface area contributed by atoms with Gasteiger partial charge in [0.15, 0.2) is 6.61 Å². The third-order valence-corrected chi connectivity index (χ3v) is 3.33. The molecule has 0 saturated carbocycles. The highest BCUT2D eigenvalue weighted by Gasteiger charge is 2.16. The molecule has 1 saturated heterocycles. The first-order valence-corrected chi connectivity index (χ1v) is 6.73.